The van der Waals surface area contributed by atoms with Crippen LogP contribution in [0, 0.1) is 5.92 Å². The molecule has 0 bridgehead atoms. The van der Waals surface area contributed by atoms with Gasteiger partial charge in [0, 0.05) is 18.7 Å². The molecule has 1 aliphatic carbocycles. The highest BCUT2D eigenvalue weighted by atomic mass is 32.1. The van der Waals surface area contributed by atoms with Crippen molar-refractivity contribution in [1.82, 2.24) is 10.3 Å². The third-order valence-corrected chi connectivity index (χ3v) is 7.13. The van der Waals surface area contributed by atoms with E-state index in [0.717, 1.165) is 49.1 Å². The van der Waals surface area contributed by atoms with E-state index in [1.54, 1.807) is 0 Å². The van der Waals surface area contributed by atoms with Crippen molar-refractivity contribution in [3.63, 3.8) is 0 Å². The fraction of sp³-hybridized carbons (Fsp3) is 0.385. The Labute approximate surface area is 203 Å². The summed E-state index contributed by atoms with van der Waals surface area (Å²) in [4.78, 5) is 19.1. The molecule has 5 rings (SSSR count). The minimum Gasteiger partial charge on any atom is -0.493 e. The minimum atomic E-state index is -0.171. The lowest BCUT2D eigenvalue weighted by molar-refractivity contribution is 0.0944. The first-order valence-corrected chi connectivity index (χ1v) is 12.6. The first kappa shape index (κ1) is 22.5. The van der Waals surface area contributed by atoms with Gasteiger partial charge in [0.15, 0.2) is 5.13 Å². The van der Waals surface area contributed by atoms with Gasteiger partial charge in [0.25, 0.3) is 5.91 Å². The zero-order chi connectivity index (χ0) is 23.5. The van der Waals surface area contributed by atoms with Gasteiger partial charge in [-0.3, -0.25) is 4.79 Å². The highest BCUT2D eigenvalue weighted by molar-refractivity contribution is 7.17. The van der Waals surface area contributed by atoms with Crippen molar-refractivity contribution in [2.24, 2.45) is 5.92 Å². The Morgan fingerprint density at radius 3 is 2.56 bits per heavy atom. The van der Waals surface area contributed by atoms with Crippen molar-refractivity contribution in [3.05, 3.63) is 65.2 Å². The normalized spacial score (nSPS) is 18.5. The van der Waals surface area contributed by atoms with Gasteiger partial charge in [0.1, 0.15) is 22.5 Å². The van der Waals surface area contributed by atoms with E-state index in [1.807, 2.05) is 31.2 Å². The van der Waals surface area contributed by atoms with Crippen LogP contribution in [0.4, 0.5) is 10.8 Å². The molecule has 2 fully saturated rings. The monoisotopic (exact) mass is 478 g/mol. The smallest absolute Gasteiger partial charge is 0.263 e. The van der Waals surface area contributed by atoms with Gasteiger partial charge in [-0.2, -0.15) is 0 Å². The van der Waals surface area contributed by atoms with E-state index >= 15 is 0 Å². The van der Waals surface area contributed by atoms with Crippen LogP contribution in [0.1, 0.15) is 47.5 Å². The van der Waals surface area contributed by atoms with Crippen molar-refractivity contribution >= 4 is 28.1 Å². The summed E-state index contributed by atoms with van der Waals surface area (Å²) in [5, 5.41) is 3.37. The summed E-state index contributed by atoms with van der Waals surface area (Å²) >= 11 is 1.18. The van der Waals surface area contributed by atoms with E-state index in [-0.39, 0.29) is 18.1 Å². The molecular formula is C26H30N4O3S. The fourth-order valence-corrected chi connectivity index (χ4v) is 4.67. The number of carbonyl (C=O) groups excluding carboxylic acids is 1. The van der Waals surface area contributed by atoms with Crippen LogP contribution in [0.15, 0.2) is 54.7 Å². The molecule has 2 atom stereocenters. The van der Waals surface area contributed by atoms with Gasteiger partial charge < -0.3 is 25.4 Å². The number of anilines is 2. The standard InChI is InChI=1S/C26H30N4O3S/c1-17(29-25(31)24-14-28-26(27)34-24)19-4-8-22(9-5-19)33-23-12-13-30(15-23)20-6-10-21(11-7-20)32-16-18-2-3-18/h4-11,14,17-18,23H,2-3,12-13,15-16H2,1H3,(H2,27,28)(H,29,31)/t17-,23+/m0/s1. The number of nitrogens with one attached hydrogen (secondary N) is 1. The molecule has 3 aromatic rings. The molecule has 8 heteroatoms. The van der Waals surface area contributed by atoms with Crippen LogP contribution in [0.5, 0.6) is 11.5 Å². The summed E-state index contributed by atoms with van der Waals surface area (Å²) in [5.74, 6) is 2.38. The topological polar surface area (TPSA) is 89.7 Å². The number of thiazole rings is 1. The van der Waals surface area contributed by atoms with E-state index in [0.29, 0.717) is 10.0 Å². The largest absolute Gasteiger partial charge is 0.493 e. The average Bonchev–Trinajstić information content (AvgIpc) is 3.39. The number of amides is 1. The molecule has 0 spiro atoms. The maximum Gasteiger partial charge on any atom is 0.263 e. The number of benzene rings is 2. The van der Waals surface area contributed by atoms with Gasteiger partial charge in [-0.05, 0) is 67.6 Å². The van der Waals surface area contributed by atoms with Crippen LogP contribution >= 0.6 is 11.3 Å². The van der Waals surface area contributed by atoms with Crippen LogP contribution in [0.3, 0.4) is 0 Å². The second kappa shape index (κ2) is 9.93. The minimum absolute atomic E-state index is 0.136. The third-order valence-electron chi connectivity index (χ3n) is 6.31. The number of hydrogen-bond acceptors (Lipinski definition) is 7. The molecule has 1 saturated carbocycles. The van der Waals surface area contributed by atoms with Crippen molar-refractivity contribution in [3.8, 4) is 11.5 Å². The first-order valence-electron chi connectivity index (χ1n) is 11.8. The summed E-state index contributed by atoms with van der Waals surface area (Å²) in [6, 6.07) is 16.2. The van der Waals surface area contributed by atoms with Crippen LogP contribution in [-0.2, 0) is 0 Å². The van der Waals surface area contributed by atoms with Gasteiger partial charge in [0.2, 0.25) is 0 Å². The predicted octanol–water partition coefficient (Wildman–Crippen LogP) is 4.66. The summed E-state index contributed by atoms with van der Waals surface area (Å²) in [7, 11) is 0. The predicted molar refractivity (Wildman–Crippen MR) is 135 cm³/mol. The van der Waals surface area contributed by atoms with E-state index in [2.05, 4.69) is 39.5 Å². The van der Waals surface area contributed by atoms with E-state index in [9.17, 15) is 4.79 Å². The molecular weight excluding hydrogens is 448 g/mol. The molecule has 1 amide bonds. The number of nitrogens with zero attached hydrogens (tertiary/aromatic N) is 2. The van der Waals surface area contributed by atoms with E-state index in [1.165, 1.54) is 36.1 Å². The molecule has 0 unspecified atom stereocenters. The van der Waals surface area contributed by atoms with Crippen molar-refractivity contribution < 1.29 is 14.3 Å². The van der Waals surface area contributed by atoms with Gasteiger partial charge in [-0.25, -0.2) is 4.98 Å². The van der Waals surface area contributed by atoms with Crippen molar-refractivity contribution in [1.29, 1.82) is 0 Å². The summed E-state index contributed by atoms with van der Waals surface area (Å²) in [6.45, 7) is 4.62. The molecule has 178 valence electrons. The molecule has 2 aromatic carbocycles. The van der Waals surface area contributed by atoms with Gasteiger partial charge in [-0.1, -0.05) is 23.5 Å². The van der Waals surface area contributed by atoms with Crippen molar-refractivity contribution in [2.45, 2.75) is 38.3 Å². The molecule has 3 N–H and O–H groups in total. The van der Waals surface area contributed by atoms with E-state index < -0.39 is 0 Å². The lowest BCUT2D eigenvalue weighted by Crippen LogP contribution is -2.26. The number of rotatable bonds is 9. The van der Waals surface area contributed by atoms with Gasteiger partial charge >= 0.3 is 0 Å². The van der Waals surface area contributed by atoms with E-state index in [4.69, 9.17) is 15.2 Å². The van der Waals surface area contributed by atoms with Crippen LogP contribution < -0.4 is 25.4 Å². The Bertz CT molecular complexity index is 1110. The SMILES string of the molecule is C[C@H](NC(=O)c1cnc(N)s1)c1ccc(O[C@@H]2CCN(c3ccc(OCC4CC4)cc3)C2)cc1. The van der Waals surface area contributed by atoms with Gasteiger partial charge in [-0.15, -0.1) is 0 Å². The number of aromatic nitrogens is 1. The summed E-state index contributed by atoms with van der Waals surface area (Å²) in [5.41, 5.74) is 7.83. The maximum absolute atomic E-state index is 12.3. The average molecular weight is 479 g/mol. The summed E-state index contributed by atoms with van der Waals surface area (Å²) in [6.07, 6.45) is 5.22. The van der Waals surface area contributed by atoms with Gasteiger partial charge in [0.05, 0.1) is 25.4 Å². The Morgan fingerprint density at radius 2 is 1.88 bits per heavy atom. The zero-order valence-corrected chi connectivity index (χ0v) is 20.1. The molecule has 34 heavy (non-hydrogen) atoms. The van der Waals surface area contributed by atoms with Crippen LogP contribution in [0.2, 0.25) is 0 Å². The Morgan fingerprint density at radius 1 is 1.15 bits per heavy atom. The zero-order valence-electron chi connectivity index (χ0n) is 19.3. The number of ether oxygens (including phenoxy) is 2. The fourth-order valence-electron chi connectivity index (χ4n) is 4.08. The molecule has 2 heterocycles. The molecule has 2 aliphatic rings. The molecule has 7 nitrogen and oxygen atoms in total. The Hall–Kier alpha value is -3.26. The second-order valence-electron chi connectivity index (χ2n) is 9.05. The lowest BCUT2D eigenvalue weighted by atomic mass is 10.1. The molecule has 0 radical (unpaired) electrons. The number of hydrogen-bond donors (Lipinski definition) is 2. The number of nitrogen functional groups attached to an aromatic ring is 1. The quantitative estimate of drug-likeness (QED) is 0.465. The molecule has 1 aromatic heterocycles. The maximum atomic E-state index is 12.3. The first-order chi connectivity index (χ1) is 16.5. The molecule has 1 saturated heterocycles. The second-order valence-corrected chi connectivity index (χ2v) is 10.1. The number of nitrogens with two attached hydrogens (primary N) is 1. The highest BCUT2D eigenvalue weighted by Gasteiger charge is 2.25. The highest BCUT2D eigenvalue weighted by Crippen LogP contribution is 2.30. The Balaban J connectivity index is 1.10. The van der Waals surface area contributed by atoms with Crippen molar-refractivity contribution in [2.75, 3.05) is 30.3 Å². The lowest BCUT2D eigenvalue weighted by Gasteiger charge is -2.20. The van der Waals surface area contributed by atoms with Crippen LogP contribution in [0.25, 0.3) is 0 Å². The Kier molecular flexibility index (Phi) is 6.58. The number of carbonyl (C=O) groups is 1. The third kappa shape index (κ3) is 5.62. The molecule has 1 aliphatic heterocycles. The summed E-state index contributed by atoms with van der Waals surface area (Å²) < 4.78 is 12.1. The van der Waals surface area contributed by atoms with Crippen LogP contribution in [-0.4, -0.2) is 36.7 Å².